The number of benzene rings is 1. The highest BCUT2D eigenvalue weighted by Gasteiger charge is 2.29. The van der Waals surface area contributed by atoms with Gasteiger partial charge in [0.05, 0.1) is 13.2 Å². The van der Waals surface area contributed by atoms with E-state index in [4.69, 9.17) is 9.47 Å². The Morgan fingerprint density at radius 2 is 1.89 bits per heavy atom. The predicted molar refractivity (Wildman–Crippen MR) is 71.5 cm³/mol. The Morgan fingerprint density at radius 1 is 1.11 bits per heavy atom. The van der Waals surface area contributed by atoms with Crippen molar-refractivity contribution in [3.8, 4) is 11.5 Å². The highest BCUT2D eigenvalue weighted by molar-refractivity contribution is 5.45. The van der Waals surface area contributed by atoms with Crippen LogP contribution in [-0.4, -0.2) is 25.3 Å². The molecule has 18 heavy (non-hydrogen) atoms. The first-order valence-electron chi connectivity index (χ1n) is 6.89. The van der Waals surface area contributed by atoms with E-state index < -0.39 is 0 Å². The van der Waals surface area contributed by atoms with Gasteiger partial charge in [0, 0.05) is 24.4 Å². The summed E-state index contributed by atoms with van der Waals surface area (Å²) in [6.45, 7) is 6.02. The summed E-state index contributed by atoms with van der Waals surface area (Å²) in [6, 6.07) is 7.55. The molecule has 2 aliphatic rings. The molecule has 0 aromatic heterocycles. The molecule has 0 spiro atoms. The van der Waals surface area contributed by atoms with Crippen LogP contribution in [0, 0.1) is 0 Å². The number of rotatable bonds is 1. The van der Waals surface area contributed by atoms with Gasteiger partial charge in [-0.05, 0) is 38.0 Å². The van der Waals surface area contributed by atoms with Crippen LogP contribution >= 0.6 is 0 Å². The summed E-state index contributed by atoms with van der Waals surface area (Å²) in [4.78, 5) is 0. The molecule has 98 valence electrons. The fourth-order valence-electron chi connectivity index (χ4n) is 3.05. The summed E-state index contributed by atoms with van der Waals surface area (Å²) in [7, 11) is 0. The van der Waals surface area contributed by atoms with Gasteiger partial charge in [0.1, 0.15) is 0 Å². The smallest absolute Gasteiger partial charge is 0.161 e. The van der Waals surface area contributed by atoms with Crippen molar-refractivity contribution in [2.45, 2.75) is 44.7 Å². The van der Waals surface area contributed by atoms with Crippen LogP contribution in [0.5, 0.6) is 11.5 Å². The third kappa shape index (κ3) is 2.19. The minimum Gasteiger partial charge on any atom is -0.490 e. The molecule has 3 rings (SSSR count). The van der Waals surface area contributed by atoms with E-state index in [2.05, 4.69) is 37.4 Å². The van der Waals surface area contributed by atoms with Crippen molar-refractivity contribution in [3.05, 3.63) is 23.8 Å². The highest BCUT2D eigenvalue weighted by Crippen LogP contribution is 2.37. The van der Waals surface area contributed by atoms with Gasteiger partial charge in [0.2, 0.25) is 0 Å². The molecule has 0 amide bonds. The number of nitrogens with one attached hydrogen (secondary N) is 1. The van der Waals surface area contributed by atoms with Crippen LogP contribution in [0.15, 0.2) is 18.2 Å². The lowest BCUT2D eigenvalue weighted by molar-refractivity contribution is 0.297. The van der Waals surface area contributed by atoms with E-state index in [1.54, 1.807) is 0 Å². The Bertz CT molecular complexity index is 433. The first-order chi connectivity index (χ1) is 8.74. The summed E-state index contributed by atoms with van der Waals surface area (Å²) in [5.41, 5.74) is 1.36. The fourth-order valence-corrected chi connectivity index (χ4v) is 3.05. The lowest BCUT2D eigenvalue weighted by atomic mass is 9.91. The van der Waals surface area contributed by atoms with Crippen molar-refractivity contribution in [2.75, 3.05) is 13.2 Å². The Morgan fingerprint density at radius 3 is 2.61 bits per heavy atom. The maximum absolute atomic E-state index is 5.77. The molecule has 3 heteroatoms. The van der Waals surface area contributed by atoms with Gasteiger partial charge in [-0.15, -0.1) is 0 Å². The van der Waals surface area contributed by atoms with E-state index in [0.29, 0.717) is 18.0 Å². The first-order valence-corrected chi connectivity index (χ1v) is 6.89. The molecule has 3 unspecified atom stereocenters. The van der Waals surface area contributed by atoms with E-state index in [0.717, 1.165) is 31.1 Å². The summed E-state index contributed by atoms with van der Waals surface area (Å²) in [5.74, 6) is 2.39. The molecule has 0 radical (unpaired) electrons. The standard InChI is InChI=1S/C15H21NO2/c1-10-8-13(11(2)16-10)12-4-5-14-15(9-12)18-7-3-6-17-14/h4-5,9-11,13,16H,3,6-8H2,1-2H3. The second kappa shape index (κ2) is 4.81. The van der Waals surface area contributed by atoms with Crippen LogP contribution in [0.2, 0.25) is 0 Å². The average molecular weight is 247 g/mol. The van der Waals surface area contributed by atoms with Crippen molar-refractivity contribution >= 4 is 0 Å². The van der Waals surface area contributed by atoms with Crippen LogP contribution in [0.4, 0.5) is 0 Å². The molecule has 1 aromatic rings. The predicted octanol–water partition coefficient (Wildman–Crippen LogP) is 2.70. The van der Waals surface area contributed by atoms with Gasteiger partial charge in [-0.3, -0.25) is 0 Å². The number of fused-ring (bicyclic) bond motifs is 1. The quantitative estimate of drug-likeness (QED) is 0.827. The molecular weight excluding hydrogens is 226 g/mol. The van der Waals surface area contributed by atoms with Crippen molar-refractivity contribution in [1.82, 2.24) is 5.32 Å². The van der Waals surface area contributed by atoms with E-state index in [1.165, 1.54) is 12.0 Å². The zero-order chi connectivity index (χ0) is 12.5. The Balaban J connectivity index is 1.87. The molecule has 1 aromatic carbocycles. The minimum atomic E-state index is 0.532. The third-order valence-electron chi connectivity index (χ3n) is 3.96. The van der Waals surface area contributed by atoms with Gasteiger partial charge in [-0.1, -0.05) is 6.07 Å². The van der Waals surface area contributed by atoms with Crippen LogP contribution < -0.4 is 14.8 Å². The third-order valence-corrected chi connectivity index (χ3v) is 3.96. The second-order valence-electron chi connectivity index (χ2n) is 5.46. The van der Waals surface area contributed by atoms with Gasteiger partial charge in [0.15, 0.2) is 11.5 Å². The molecule has 1 fully saturated rings. The SMILES string of the molecule is CC1CC(c2ccc3c(c2)OCCCO3)C(C)N1. The van der Waals surface area contributed by atoms with Crippen molar-refractivity contribution in [2.24, 2.45) is 0 Å². The van der Waals surface area contributed by atoms with E-state index >= 15 is 0 Å². The summed E-state index contributed by atoms with van der Waals surface area (Å²) in [6.07, 6.45) is 2.16. The number of hydrogen-bond acceptors (Lipinski definition) is 3. The van der Waals surface area contributed by atoms with Gasteiger partial charge >= 0.3 is 0 Å². The molecular formula is C15H21NO2. The summed E-state index contributed by atoms with van der Waals surface area (Å²) in [5, 5.41) is 3.59. The zero-order valence-electron chi connectivity index (χ0n) is 11.1. The maximum atomic E-state index is 5.77. The minimum absolute atomic E-state index is 0.532. The lowest BCUT2D eigenvalue weighted by Crippen LogP contribution is -2.26. The molecule has 1 N–H and O–H groups in total. The lowest BCUT2D eigenvalue weighted by Gasteiger charge is -2.17. The Labute approximate surface area is 108 Å². The maximum Gasteiger partial charge on any atom is 0.161 e. The van der Waals surface area contributed by atoms with Gasteiger partial charge in [-0.2, -0.15) is 0 Å². The van der Waals surface area contributed by atoms with Crippen LogP contribution in [0.1, 0.15) is 38.2 Å². The highest BCUT2D eigenvalue weighted by atomic mass is 16.5. The molecule has 0 aliphatic carbocycles. The van der Waals surface area contributed by atoms with Gasteiger partial charge < -0.3 is 14.8 Å². The van der Waals surface area contributed by atoms with Gasteiger partial charge in [-0.25, -0.2) is 0 Å². The average Bonchev–Trinajstić information content (AvgIpc) is 2.58. The molecule has 3 nitrogen and oxygen atoms in total. The monoisotopic (exact) mass is 247 g/mol. The molecule has 0 saturated carbocycles. The van der Waals surface area contributed by atoms with E-state index in [-0.39, 0.29) is 0 Å². The van der Waals surface area contributed by atoms with Crippen molar-refractivity contribution in [1.29, 1.82) is 0 Å². The second-order valence-corrected chi connectivity index (χ2v) is 5.46. The zero-order valence-corrected chi connectivity index (χ0v) is 11.1. The molecule has 2 heterocycles. The van der Waals surface area contributed by atoms with Crippen molar-refractivity contribution in [3.63, 3.8) is 0 Å². The number of hydrogen-bond donors (Lipinski definition) is 1. The van der Waals surface area contributed by atoms with Crippen LogP contribution in [0.25, 0.3) is 0 Å². The van der Waals surface area contributed by atoms with E-state index in [9.17, 15) is 0 Å². The fraction of sp³-hybridized carbons (Fsp3) is 0.600. The summed E-state index contributed by atoms with van der Waals surface area (Å²) < 4.78 is 11.4. The van der Waals surface area contributed by atoms with Crippen molar-refractivity contribution < 1.29 is 9.47 Å². The van der Waals surface area contributed by atoms with E-state index in [1.807, 2.05) is 0 Å². The van der Waals surface area contributed by atoms with Crippen LogP contribution in [-0.2, 0) is 0 Å². The molecule has 1 saturated heterocycles. The van der Waals surface area contributed by atoms with Gasteiger partial charge in [0.25, 0.3) is 0 Å². The molecule has 3 atom stereocenters. The normalized spacial score (nSPS) is 31.1. The Hall–Kier alpha value is -1.22. The number of ether oxygens (including phenoxy) is 2. The largest absolute Gasteiger partial charge is 0.490 e. The summed E-state index contributed by atoms with van der Waals surface area (Å²) >= 11 is 0. The Kier molecular flexibility index (Phi) is 3.16. The molecule has 0 bridgehead atoms. The first kappa shape index (κ1) is 11.8. The molecule has 2 aliphatic heterocycles. The topological polar surface area (TPSA) is 30.5 Å². The van der Waals surface area contributed by atoms with Crippen LogP contribution in [0.3, 0.4) is 0 Å².